The van der Waals surface area contributed by atoms with Crippen LogP contribution >= 0.6 is 0 Å². The maximum absolute atomic E-state index is 4.32. The molecule has 0 atom stereocenters. The molecule has 90 valence electrons. The maximum atomic E-state index is 4.32. The van der Waals surface area contributed by atoms with E-state index >= 15 is 0 Å². The number of hydrogen-bond donors (Lipinski definition) is 1. The van der Waals surface area contributed by atoms with Gasteiger partial charge < -0.3 is 5.32 Å². The van der Waals surface area contributed by atoms with Crippen LogP contribution in [0.3, 0.4) is 0 Å². The molecule has 0 aromatic carbocycles. The van der Waals surface area contributed by atoms with E-state index in [0.29, 0.717) is 5.92 Å². The quantitative estimate of drug-likeness (QED) is 0.858. The molecule has 0 spiro atoms. The number of nitrogens with zero attached hydrogens (tertiary/aromatic N) is 3. The predicted molar refractivity (Wildman–Crippen MR) is 68.6 cm³/mol. The average molecular weight is 230 g/mol. The van der Waals surface area contributed by atoms with Gasteiger partial charge in [-0.25, -0.2) is 4.98 Å². The highest BCUT2D eigenvalue weighted by Crippen LogP contribution is 2.06. The van der Waals surface area contributed by atoms with Gasteiger partial charge in [-0.2, -0.15) is 5.10 Å². The molecule has 0 fully saturated rings. The largest absolute Gasteiger partial charge is 0.366 e. The minimum atomic E-state index is 0.617. The van der Waals surface area contributed by atoms with Gasteiger partial charge in [0.2, 0.25) is 0 Å². The maximum Gasteiger partial charge on any atom is 0.126 e. The van der Waals surface area contributed by atoms with E-state index in [1.165, 1.54) is 5.56 Å². The second-order valence-corrected chi connectivity index (χ2v) is 4.53. The van der Waals surface area contributed by atoms with Gasteiger partial charge in [-0.15, -0.1) is 0 Å². The van der Waals surface area contributed by atoms with Crippen LogP contribution in [0, 0.1) is 5.92 Å². The fourth-order valence-corrected chi connectivity index (χ4v) is 1.63. The second-order valence-electron chi connectivity index (χ2n) is 4.53. The highest BCUT2D eigenvalue weighted by atomic mass is 15.3. The second kappa shape index (κ2) is 5.48. The molecule has 2 rings (SSSR count). The van der Waals surface area contributed by atoms with Crippen molar-refractivity contribution in [2.45, 2.75) is 26.9 Å². The zero-order valence-corrected chi connectivity index (χ0v) is 10.3. The molecule has 0 saturated carbocycles. The van der Waals surface area contributed by atoms with Crippen molar-refractivity contribution >= 4 is 5.82 Å². The third-order valence-corrected chi connectivity index (χ3v) is 2.38. The molecule has 2 aromatic rings. The topological polar surface area (TPSA) is 42.7 Å². The molecule has 2 heterocycles. The Hall–Kier alpha value is -1.84. The van der Waals surface area contributed by atoms with Gasteiger partial charge in [-0.1, -0.05) is 19.9 Å². The smallest absolute Gasteiger partial charge is 0.126 e. The Bertz CT molecular complexity index is 447. The van der Waals surface area contributed by atoms with E-state index in [-0.39, 0.29) is 0 Å². The summed E-state index contributed by atoms with van der Waals surface area (Å²) < 4.78 is 1.99. The zero-order valence-electron chi connectivity index (χ0n) is 10.3. The van der Waals surface area contributed by atoms with Crippen molar-refractivity contribution in [2.75, 3.05) is 5.32 Å². The molecule has 4 heteroatoms. The summed E-state index contributed by atoms with van der Waals surface area (Å²) in [6, 6.07) is 5.84. The molecule has 0 bridgehead atoms. The molecule has 4 nitrogen and oxygen atoms in total. The number of hydrogen-bond acceptors (Lipinski definition) is 3. The summed E-state index contributed by atoms with van der Waals surface area (Å²) >= 11 is 0. The van der Waals surface area contributed by atoms with Crippen LogP contribution < -0.4 is 5.32 Å². The molecule has 17 heavy (non-hydrogen) atoms. The summed E-state index contributed by atoms with van der Waals surface area (Å²) in [6.07, 6.45) is 5.76. The van der Waals surface area contributed by atoms with Gasteiger partial charge in [0.15, 0.2) is 0 Å². The molecule has 0 radical (unpaired) electrons. The Morgan fingerprint density at radius 2 is 2.24 bits per heavy atom. The molecule has 0 amide bonds. The van der Waals surface area contributed by atoms with Crippen LogP contribution in [0.15, 0.2) is 36.8 Å². The minimum Gasteiger partial charge on any atom is -0.366 e. The summed E-state index contributed by atoms with van der Waals surface area (Å²) in [4.78, 5) is 4.21. The van der Waals surface area contributed by atoms with Crippen LogP contribution in [0.5, 0.6) is 0 Å². The highest BCUT2D eigenvalue weighted by molar-refractivity contribution is 5.33. The minimum absolute atomic E-state index is 0.617. The summed E-state index contributed by atoms with van der Waals surface area (Å²) in [5.41, 5.74) is 1.18. The molecule has 0 aliphatic carbocycles. The first-order valence-corrected chi connectivity index (χ1v) is 5.90. The lowest BCUT2D eigenvalue weighted by molar-refractivity contribution is 0.483. The van der Waals surface area contributed by atoms with Crippen molar-refractivity contribution in [3.8, 4) is 0 Å². The van der Waals surface area contributed by atoms with Crippen LogP contribution in [0.1, 0.15) is 19.4 Å². The van der Waals surface area contributed by atoms with E-state index < -0.39 is 0 Å². The van der Waals surface area contributed by atoms with Crippen molar-refractivity contribution in [2.24, 2.45) is 5.92 Å². The first-order chi connectivity index (χ1) is 8.24. The standard InChI is InChI=1S/C13H18N4/c1-11(2)9-17-10-12(8-16-17)7-15-13-5-3-4-6-14-13/h3-6,8,10-11H,7,9H2,1-2H3,(H,14,15). The summed E-state index contributed by atoms with van der Waals surface area (Å²) in [6.45, 7) is 6.10. The van der Waals surface area contributed by atoms with Crippen molar-refractivity contribution in [1.29, 1.82) is 0 Å². The zero-order chi connectivity index (χ0) is 12.1. The molecule has 0 unspecified atom stereocenters. The Morgan fingerprint density at radius 3 is 2.94 bits per heavy atom. The highest BCUT2D eigenvalue weighted by Gasteiger charge is 2.01. The van der Waals surface area contributed by atoms with Crippen LogP contribution in [-0.4, -0.2) is 14.8 Å². The first-order valence-electron chi connectivity index (χ1n) is 5.90. The van der Waals surface area contributed by atoms with Crippen LogP contribution in [0.4, 0.5) is 5.82 Å². The fraction of sp³-hybridized carbons (Fsp3) is 0.385. The lowest BCUT2D eigenvalue weighted by Gasteiger charge is -2.04. The lowest BCUT2D eigenvalue weighted by atomic mass is 10.2. The van der Waals surface area contributed by atoms with Gasteiger partial charge in [0.25, 0.3) is 0 Å². The molecule has 0 aliphatic rings. The Morgan fingerprint density at radius 1 is 1.35 bits per heavy atom. The molecule has 2 aromatic heterocycles. The molecule has 0 saturated heterocycles. The van der Waals surface area contributed by atoms with E-state index in [9.17, 15) is 0 Å². The predicted octanol–water partition coefficient (Wildman–Crippen LogP) is 2.55. The van der Waals surface area contributed by atoms with Crippen LogP contribution in [-0.2, 0) is 13.1 Å². The van der Waals surface area contributed by atoms with Gasteiger partial charge in [-0.05, 0) is 18.1 Å². The number of pyridine rings is 1. The number of anilines is 1. The van der Waals surface area contributed by atoms with Crippen molar-refractivity contribution in [1.82, 2.24) is 14.8 Å². The third kappa shape index (κ3) is 3.59. The SMILES string of the molecule is CC(C)Cn1cc(CNc2ccccn2)cn1. The van der Waals surface area contributed by atoms with E-state index in [2.05, 4.69) is 35.4 Å². The third-order valence-electron chi connectivity index (χ3n) is 2.38. The normalized spacial score (nSPS) is 10.8. The number of aromatic nitrogens is 3. The fourth-order valence-electron chi connectivity index (χ4n) is 1.63. The van der Waals surface area contributed by atoms with E-state index in [1.807, 2.05) is 29.1 Å². The molecular weight excluding hydrogens is 212 g/mol. The molecule has 0 aliphatic heterocycles. The van der Waals surface area contributed by atoms with E-state index in [0.717, 1.165) is 18.9 Å². The van der Waals surface area contributed by atoms with Gasteiger partial charge in [0.1, 0.15) is 5.82 Å². The van der Waals surface area contributed by atoms with Crippen LogP contribution in [0.2, 0.25) is 0 Å². The molecule has 1 N–H and O–H groups in total. The van der Waals surface area contributed by atoms with Crippen molar-refractivity contribution in [3.63, 3.8) is 0 Å². The Labute approximate surface area is 102 Å². The van der Waals surface area contributed by atoms with Gasteiger partial charge in [0.05, 0.1) is 6.20 Å². The van der Waals surface area contributed by atoms with Crippen molar-refractivity contribution < 1.29 is 0 Å². The summed E-state index contributed by atoms with van der Waals surface area (Å²) in [5.74, 6) is 1.51. The first kappa shape index (κ1) is 11.6. The van der Waals surface area contributed by atoms with Gasteiger partial charge in [-0.3, -0.25) is 4.68 Å². The summed E-state index contributed by atoms with van der Waals surface area (Å²) in [5, 5.41) is 7.59. The van der Waals surface area contributed by atoms with Gasteiger partial charge >= 0.3 is 0 Å². The summed E-state index contributed by atoms with van der Waals surface area (Å²) in [7, 11) is 0. The monoisotopic (exact) mass is 230 g/mol. The number of nitrogens with one attached hydrogen (secondary N) is 1. The Kier molecular flexibility index (Phi) is 3.75. The van der Waals surface area contributed by atoms with Crippen LogP contribution in [0.25, 0.3) is 0 Å². The Balaban J connectivity index is 1.89. The van der Waals surface area contributed by atoms with E-state index in [1.54, 1.807) is 6.20 Å². The number of rotatable bonds is 5. The average Bonchev–Trinajstić information content (AvgIpc) is 2.75. The van der Waals surface area contributed by atoms with Gasteiger partial charge in [0, 0.05) is 31.0 Å². The van der Waals surface area contributed by atoms with Crippen molar-refractivity contribution in [3.05, 3.63) is 42.4 Å². The lowest BCUT2D eigenvalue weighted by Crippen LogP contribution is -2.04. The van der Waals surface area contributed by atoms with E-state index in [4.69, 9.17) is 0 Å². The molecular formula is C13H18N4.